The van der Waals surface area contributed by atoms with Crippen molar-refractivity contribution in [1.82, 2.24) is 26.3 Å². The van der Waals surface area contributed by atoms with Crippen molar-refractivity contribution in [1.29, 1.82) is 0 Å². The van der Waals surface area contributed by atoms with Gasteiger partial charge in [0.15, 0.2) is 0 Å². The van der Waals surface area contributed by atoms with Crippen molar-refractivity contribution in [3.63, 3.8) is 0 Å². The third-order valence-corrected chi connectivity index (χ3v) is 5.28. The number of nitrogens with one attached hydrogen (secondary N) is 5. The highest BCUT2D eigenvalue weighted by atomic mass is 16.6. The standard InChI is InChI=1S/C23H29N5O6/c1-13(2)34-23(33)27-18(11-14-12-25-16-6-4-3-5-15(14)16)21(31)24-10-9-20(30)26-17-7-8-19(29)28-22(17)32/h3-6,12-13,17-18,25H,7-11H2,1-2H3,(H,24,31)(H,26,30)(H,27,33)(H,28,29,32)/t17?,18-/m0/s1. The molecule has 1 aliphatic heterocycles. The molecule has 1 unspecified atom stereocenters. The number of piperidine rings is 1. The first-order chi connectivity index (χ1) is 16.2. The molecule has 11 nitrogen and oxygen atoms in total. The van der Waals surface area contributed by atoms with Crippen LogP contribution in [0.4, 0.5) is 4.79 Å². The van der Waals surface area contributed by atoms with E-state index in [0.29, 0.717) is 0 Å². The molecule has 0 bridgehead atoms. The Labute approximate surface area is 196 Å². The van der Waals surface area contributed by atoms with Crippen LogP contribution in [0.2, 0.25) is 0 Å². The lowest BCUT2D eigenvalue weighted by molar-refractivity contribution is -0.137. The fourth-order valence-electron chi connectivity index (χ4n) is 3.64. The summed E-state index contributed by atoms with van der Waals surface area (Å²) >= 11 is 0. The first-order valence-electron chi connectivity index (χ1n) is 11.2. The molecule has 0 saturated carbocycles. The lowest BCUT2D eigenvalue weighted by atomic mass is 10.0. The third-order valence-electron chi connectivity index (χ3n) is 5.28. The number of alkyl carbamates (subject to hydrolysis) is 1. The van der Waals surface area contributed by atoms with Gasteiger partial charge in [0.05, 0.1) is 6.10 Å². The van der Waals surface area contributed by atoms with Gasteiger partial charge in [-0.05, 0) is 31.9 Å². The highest BCUT2D eigenvalue weighted by Crippen LogP contribution is 2.19. The van der Waals surface area contributed by atoms with Crippen LogP contribution >= 0.6 is 0 Å². The Morgan fingerprint density at radius 1 is 1.18 bits per heavy atom. The van der Waals surface area contributed by atoms with Crippen LogP contribution in [0.5, 0.6) is 0 Å². The van der Waals surface area contributed by atoms with Crippen molar-refractivity contribution in [2.24, 2.45) is 0 Å². The Bertz CT molecular complexity index is 1080. The number of carbonyl (C=O) groups excluding carboxylic acids is 5. The topological polar surface area (TPSA) is 158 Å². The highest BCUT2D eigenvalue weighted by Gasteiger charge is 2.28. The number of amides is 5. The van der Waals surface area contributed by atoms with Gasteiger partial charge in [-0.3, -0.25) is 24.5 Å². The van der Waals surface area contributed by atoms with E-state index in [2.05, 4.69) is 26.3 Å². The summed E-state index contributed by atoms with van der Waals surface area (Å²) in [5.74, 6) is -1.82. The largest absolute Gasteiger partial charge is 0.447 e. The molecule has 1 fully saturated rings. The van der Waals surface area contributed by atoms with E-state index in [9.17, 15) is 24.0 Å². The Kier molecular flexibility index (Phi) is 8.23. The number of carbonyl (C=O) groups is 5. The maximum Gasteiger partial charge on any atom is 0.408 e. The van der Waals surface area contributed by atoms with E-state index in [-0.39, 0.29) is 44.2 Å². The number of aromatic nitrogens is 1. The van der Waals surface area contributed by atoms with Crippen molar-refractivity contribution in [3.05, 3.63) is 36.0 Å². The number of imide groups is 1. The highest BCUT2D eigenvalue weighted by molar-refractivity contribution is 6.01. The molecule has 2 heterocycles. The molecule has 1 saturated heterocycles. The first kappa shape index (κ1) is 24.7. The third kappa shape index (κ3) is 6.80. The van der Waals surface area contributed by atoms with E-state index < -0.39 is 35.9 Å². The minimum atomic E-state index is -0.927. The van der Waals surface area contributed by atoms with Crippen LogP contribution in [0, 0.1) is 0 Å². The van der Waals surface area contributed by atoms with Crippen LogP contribution in [0.1, 0.15) is 38.7 Å². The van der Waals surface area contributed by atoms with Crippen molar-refractivity contribution < 1.29 is 28.7 Å². The van der Waals surface area contributed by atoms with E-state index >= 15 is 0 Å². The van der Waals surface area contributed by atoms with E-state index in [1.54, 1.807) is 20.0 Å². The van der Waals surface area contributed by atoms with Crippen molar-refractivity contribution in [3.8, 4) is 0 Å². The summed E-state index contributed by atoms with van der Waals surface area (Å²) in [5.41, 5.74) is 1.75. The van der Waals surface area contributed by atoms with Gasteiger partial charge in [-0.1, -0.05) is 18.2 Å². The van der Waals surface area contributed by atoms with E-state index in [1.165, 1.54) is 0 Å². The lowest BCUT2D eigenvalue weighted by Gasteiger charge is -2.22. The fraction of sp³-hybridized carbons (Fsp3) is 0.435. The smallest absolute Gasteiger partial charge is 0.408 e. The number of benzene rings is 1. The predicted octanol–water partition coefficient (Wildman–Crippen LogP) is 0.641. The molecule has 34 heavy (non-hydrogen) atoms. The normalized spacial score (nSPS) is 16.6. The predicted molar refractivity (Wildman–Crippen MR) is 122 cm³/mol. The minimum Gasteiger partial charge on any atom is -0.447 e. The van der Waals surface area contributed by atoms with Gasteiger partial charge in [0.1, 0.15) is 12.1 Å². The average Bonchev–Trinajstić information content (AvgIpc) is 3.17. The number of para-hydroxylation sites is 1. The molecule has 2 aromatic rings. The van der Waals surface area contributed by atoms with Crippen molar-refractivity contribution in [2.75, 3.05) is 6.54 Å². The summed E-state index contributed by atoms with van der Waals surface area (Å²) in [7, 11) is 0. The number of H-pyrrole nitrogens is 1. The van der Waals surface area contributed by atoms with Crippen LogP contribution in [-0.4, -0.2) is 59.4 Å². The molecule has 182 valence electrons. The van der Waals surface area contributed by atoms with Gasteiger partial charge < -0.3 is 25.7 Å². The summed E-state index contributed by atoms with van der Waals surface area (Å²) in [6.45, 7) is 3.41. The van der Waals surface area contributed by atoms with E-state index in [1.807, 2.05) is 24.3 Å². The monoisotopic (exact) mass is 471 g/mol. The molecule has 11 heteroatoms. The zero-order valence-corrected chi connectivity index (χ0v) is 19.1. The van der Waals surface area contributed by atoms with Crippen molar-refractivity contribution in [2.45, 2.75) is 57.7 Å². The minimum absolute atomic E-state index is 0.00320. The summed E-state index contributed by atoms with van der Waals surface area (Å²) in [6, 6.07) is 5.91. The Morgan fingerprint density at radius 3 is 2.68 bits per heavy atom. The van der Waals surface area contributed by atoms with Gasteiger partial charge in [0, 0.05) is 42.9 Å². The molecular formula is C23H29N5O6. The number of hydrogen-bond acceptors (Lipinski definition) is 6. The van der Waals surface area contributed by atoms with Crippen LogP contribution in [0.15, 0.2) is 30.5 Å². The lowest BCUT2D eigenvalue weighted by Crippen LogP contribution is -2.53. The molecule has 2 atom stereocenters. The van der Waals surface area contributed by atoms with Gasteiger partial charge in [-0.2, -0.15) is 0 Å². The molecule has 1 aromatic carbocycles. The van der Waals surface area contributed by atoms with Gasteiger partial charge >= 0.3 is 6.09 Å². The summed E-state index contributed by atoms with van der Waals surface area (Å²) < 4.78 is 5.12. The van der Waals surface area contributed by atoms with E-state index in [0.717, 1.165) is 16.5 Å². The Hall–Kier alpha value is -3.89. The van der Waals surface area contributed by atoms with Crippen LogP contribution in [0.25, 0.3) is 10.9 Å². The second-order valence-electron chi connectivity index (χ2n) is 8.33. The SMILES string of the molecule is CC(C)OC(=O)N[C@@H](Cc1c[nH]c2ccccc12)C(=O)NCCC(=O)NC1CCC(=O)NC1=O. The second-order valence-corrected chi connectivity index (χ2v) is 8.33. The number of hydrogen-bond donors (Lipinski definition) is 5. The number of fused-ring (bicyclic) bond motifs is 1. The molecule has 5 amide bonds. The van der Waals surface area contributed by atoms with Gasteiger partial charge in [-0.25, -0.2) is 4.79 Å². The van der Waals surface area contributed by atoms with Gasteiger partial charge in [-0.15, -0.1) is 0 Å². The molecule has 3 rings (SSSR count). The molecule has 0 aliphatic carbocycles. The summed E-state index contributed by atoms with van der Waals surface area (Å²) in [6.07, 6.45) is 1.25. The molecular weight excluding hydrogens is 442 g/mol. The quantitative estimate of drug-likeness (QED) is 0.338. The molecule has 1 aromatic heterocycles. The number of ether oxygens (including phenoxy) is 1. The maximum atomic E-state index is 12.9. The second kappa shape index (κ2) is 11.3. The van der Waals surface area contributed by atoms with Crippen LogP contribution < -0.4 is 21.3 Å². The van der Waals surface area contributed by atoms with Crippen LogP contribution in [-0.2, 0) is 30.3 Å². The van der Waals surface area contributed by atoms with Gasteiger partial charge in [0.25, 0.3) is 0 Å². The van der Waals surface area contributed by atoms with Crippen molar-refractivity contribution >= 4 is 40.6 Å². The van der Waals surface area contributed by atoms with Crippen LogP contribution in [0.3, 0.4) is 0 Å². The Balaban J connectivity index is 1.57. The zero-order valence-electron chi connectivity index (χ0n) is 19.1. The van der Waals surface area contributed by atoms with Gasteiger partial charge in [0.2, 0.25) is 23.6 Å². The first-order valence-corrected chi connectivity index (χ1v) is 11.2. The number of rotatable bonds is 9. The molecule has 1 aliphatic rings. The maximum absolute atomic E-state index is 12.9. The number of aromatic amines is 1. The Morgan fingerprint density at radius 2 is 1.94 bits per heavy atom. The summed E-state index contributed by atoms with van der Waals surface area (Å²) in [5, 5.41) is 10.9. The molecule has 5 N–H and O–H groups in total. The zero-order chi connectivity index (χ0) is 24.7. The van der Waals surface area contributed by atoms with E-state index in [4.69, 9.17) is 4.74 Å². The summed E-state index contributed by atoms with van der Waals surface area (Å²) in [4.78, 5) is 63.3. The molecule has 0 radical (unpaired) electrons. The fourth-order valence-corrected chi connectivity index (χ4v) is 3.64. The molecule has 0 spiro atoms. The average molecular weight is 472 g/mol.